The van der Waals surface area contributed by atoms with Gasteiger partial charge in [0.25, 0.3) is 0 Å². The predicted octanol–water partition coefficient (Wildman–Crippen LogP) is 1.85. The van der Waals surface area contributed by atoms with E-state index in [1.165, 1.54) is 24.3 Å². The van der Waals surface area contributed by atoms with Gasteiger partial charge in [0.15, 0.2) is 0 Å². The maximum atomic E-state index is 12.1. The lowest BCUT2D eigenvalue weighted by atomic mass is 10.1. The molecular formula is C13H17NO4S. The fraction of sp³-hybridized carbons (Fsp3) is 0.462. The summed E-state index contributed by atoms with van der Waals surface area (Å²) in [5, 5.41) is 8.87. The molecule has 1 aromatic rings. The van der Waals surface area contributed by atoms with E-state index in [4.69, 9.17) is 5.11 Å². The molecule has 1 aliphatic carbocycles. The maximum absolute atomic E-state index is 12.1. The maximum Gasteiger partial charge on any atom is 0.335 e. The van der Waals surface area contributed by atoms with Crippen LogP contribution in [0.4, 0.5) is 0 Å². The molecule has 0 amide bonds. The molecule has 5 nitrogen and oxygen atoms in total. The second kappa shape index (κ2) is 4.94. The first kappa shape index (κ1) is 14.0. The Balaban J connectivity index is 2.15. The highest BCUT2D eigenvalue weighted by molar-refractivity contribution is 7.89. The zero-order valence-electron chi connectivity index (χ0n) is 10.7. The summed E-state index contributed by atoms with van der Waals surface area (Å²) < 4.78 is 26.8. The zero-order valence-corrected chi connectivity index (χ0v) is 11.5. The van der Waals surface area contributed by atoms with Crippen LogP contribution in [0, 0.1) is 5.41 Å². The van der Waals surface area contributed by atoms with Crippen LogP contribution in [-0.2, 0) is 10.0 Å². The number of carboxylic acid groups (broad SMARTS) is 1. The molecule has 104 valence electrons. The third-order valence-electron chi connectivity index (χ3n) is 3.74. The van der Waals surface area contributed by atoms with Crippen LogP contribution in [0.1, 0.15) is 36.5 Å². The number of benzene rings is 1. The summed E-state index contributed by atoms with van der Waals surface area (Å²) in [6, 6.07) is 5.39. The molecule has 0 radical (unpaired) electrons. The Bertz CT molecular complexity index is 590. The highest BCUT2D eigenvalue weighted by Gasteiger charge is 2.41. The predicted molar refractivity (Wildman–Crippen MR) is 70.5 cm³/mol. The SMILES string of the molecule is CCC1(CNS(=O)(=O)c2cccc(C(=O)O)c2)CC1. The van der Waals surface area contributed by atoms with E-state index in [1.54, 1.807) is 0 Å². The molecule has 0 aromatic heterocycles. The van der Waals surface area contributed by atoms with Gasteiger partial charge in [-0.2, -0.15) is 0 Å². The monoisotopic (exact) mass is 283 g/mol. The van der Waals surface area contributed by atoms with Gasteiger partial charge in [-0.3, -0.25) is 0 Å². The highest BCUT2D eigenvalue weighted by Crippen LogP contribution is 2.48. The molecule has 1 fully saturated rings. The molecule has 0 atom stereocenters. The average Bonchev–Trinajstić information content (AvgIpc) is 3.17. The van der Waals surface area contributed by atoms with Gasteiger partial charge >= 0.3 is 5.97 Å². The molecule has 2 N–H and O–H groups in total. The number of sulfonamides is 1. The number of nitrogens with one attached hydrogen (secondary N) is 1. The largest absolute Gasteiger partial charge is 0.478 e. The molecule has 0 heterocycles. The Hall–Kier alpha value is -1.40. The molecule has 19 heavy (non-hydrogen) atoms. The van der Waals surface area contributed by atoms with Crippen LogP contribution in [0.5, 0.6) is 0 Å². The Morgan fingerprint density at radius 2 is 2.11 bits per heavy atom. The third kappa shape index (κ3) is 3.13. The van der Waals surface area contributed by atoms with Crippen LogP contribution in [-0.4, -0.2) is 26.0 Å². The van der Waals surface area contributed by atoms with E-state index in [9.17, 15) is 13.2 Å². The van der Waals surface area contributed by atoms with Crippen molar-refractivity contribution in [3.8, 4) is 0 Å². The molecule has 6 heteroatoms. The first-order valence-corrected chi connectivity index (χ1v) is 7.70. The average molecular weight is 283 g/mol. The van der Waals surface area contributed by atoms with Crippen LogP contribution in [0.25, 0.3) is 0 Å². The molecule has 1 aliphatic rings. The van der Waals surface area contributed by atoms with Gasteiger partial charge in [-0.15, -0.1) is 0 Å². The summed E-state index contributed by atoms with van der Waals surface area (Å²) in [6.45, 7) is 2.47. The molecular weight excluding hydrogens is 266 g/mol. The van der Waals surface area contributed by atoms with Crippen LogP contribution < -0.4 is 4.72 Å². The second-order valence-corrected chi connectivity index (χ2v) is 6.78. The van der Waals surface area contributed by atoms with Crippen LogP contribution >= 0.6 is 0 Å². The lowest BCUT2D eigenvalue weighted by molar-refractivity contribution is 0.0696. The third-order valence-corrected chi connectivity index (χ3v) is 5.13. The Morgan fingerprint density at radius 3 is 2.63 bits per heavy atom. The van der Waals surface area contributed by atoms with E-state index >= 15 is 0 Å². The van der Waals surface area contributed by atoms with Crippen molar-refractivity contribution < 1.29 is 18.3 Å². The number of aromatic carboxylic acids is 1. The number of hydrogen-bond acceptors (Lipinski definition) is 3. The van der Waals surface area contributed by atoms with Crippen molar-refractivity contribution in [1.29, 1.82) is 0 Å². The van der Waals surface area contributed by atoms with Gasteiger partial charge in [0, 0.05) is 6.54 Å². The minimum absolute atomic E-state index is 0.000645. The van der Waals surface area contributed by atoms with Gasteiger partial charge in [0.05, 0.1) is 10.5 Å². The van der Waals surface area contributed by atoms with Crippen LogP contribution in [0.15, 0.2) is 29.2 Å². The number of carboxylic acids is 1. The number of rotatable bonds is 6. The Labute approximate surface area is 112 Å². The zero-order chi connectivity index (χ0) is 14.1. The summed E-state index contributed by atoms with van der Waals surface area (Å²) >= 11 is 0. The van der Waals surface area contributed by atoms with Gasteiger partial charge in [-0.1, -0.05) is 13.0 Å². The van der Waals surface area contributed by atoms with E-state index in [0.29, 0.717) is 6.54 Å². The Morgan fingerprint density at radius 1 is 1.42 bits per heavy atom. The van der Waals surface area contributed by atoms with Gasteiger partial charge in [0.2, 0.25) is 10.0 Å². The molecule has 0 saturated heterocycles. The summed E-state index contributed by atoms with van der Waals surface area (Å²) in [4.78, 5) is 10.8. The summed E-state index contributed by atoms with van der Waals surface area (Å²) in [7, 11) is -3.63. The van der Waals surface area contributed by atoms with Gasteiger partial charge < -0.3 is 5.11 Å². The van der Waals surface area contributed by atoms with Crippen molar-refractivity contribution in [3.05, 3.63) is 29.8 Å². The minimum Gasteiger partial charge on any atom is -0.478 e. The summed E-state index contributed by atoms with van der Waals surface area (Å²) in [6.07, 6.45) is 3.03. The summed E-state index contributed by atoms with van der Waals surface area (Å²) in [5.74, 6) is -1.13. The normalized spacial score (nSPS) is 17.1. The molecule has 0 unspecified atom stereocenters. The topological polar surface area (TPSA) is 83.5 Å². The lowest BCUT2D eigenvalue weighted by Gasteiger charge is -2.13. The first-order valence-electron chi connectivity index (χ1n) is 6.22. The lowest BCUT2D eigenvalue weighted by Crippen LogP contribution is -2.30. The van der Waals surface area contributed by atoms with E-state index in [2.05, 4.69) is 4.72 Å². The van der Waals surface area contributed by atoms with Crippen LogP contribution in [0.3, 0.4) is 0 Å². The van der Waals surface area contributed by atoms with Gasteiger partial charge in [-0.05, 0) is 42.9 Å². The van der Waals surface area contributed by atoms with E-state index < -0.39 is 16.0 Å². The minimum atomic E-state index is -3.63. The summed E-state index contributed by atoms with van der Waals surface area (Å²) in [5.41, 5.74) is 0.0804. The molecule has 1 aromatic carbocycles. The first-order chi connectivity index (χ1) is 8.88. The highest BCUT2D eigenvalue weighted by atomic mass is 32.2. The van der Waals surface area contributed by atoms with Crippen LogP contribution in [0.2, 0.25) is 0 Å². The molecule has 2 rings (SSSR count). The van der Waals surface area contributed by atoms with Gasteiger partial charge in [-0.25, -0.2) is 17.9 Å². The molecule has 0 aliphatic heterocycles. The van der Waals surface area contributed by atoms with Crippen molar-refractivity contribution in [3.63, 3.8) is 0 Å². The smallest absolute Gasteiger partial charge is 0.335 e. The van der Waals surface area contributed by atoms with Crippen molar-refractivity contribution >= 4 is 16.0 Å². The van der Waals surface area contributed by atoms with Crippen molar-refractivity contribution in [2.24, 2.45) is 5.41 Å². The van der Waals surface area contributed by atoms with Crippen molar-refractivity contribution in [2.75, 3.05) is 6.54 Å². The molecule has 0 spiro atoms. The van der Waals surface area contributed by atoms with E-state index in [-0.39, 0.29) is 15.9 Å². The van der Waals surface area contributed by atoms with E-state index in [0.717, 1.165) is 19.3 Å². The van der Waals surface area contributed by atoms with Crippen molar-refractivity contribution in [2.45, 2.75) is 31.1 Å². The molecule has 1 saturated carbocycles. The van der Waals surface area contributed by atoms with Gasteiger partial charge in [0.1, 0.15) is 0 Å². The standard InChI is InChI=1S/C13H17NO4S/c1-2-13(6-7-13)9-14-19(17,18)11-5-3-4-10(8-11)12(15)16/h3-5,8,14H,2,6-7,9H2,1H3,(H,15,16). The second-order valence-electron chi connectivity index (χ2n) is 5.01. The van der Waals surface area contributed by atoms with Crippen molar-refractivity contribution in [1.82, 2.24) is 4.72 Å². The van der Waals surface area contributed by atoms with E-state index in [1.807, 2.05) is 6.92 Å². The number of carbonyl (C=O) groups is 1. The fourth-order valence-corrected chi connectivity index (χ4v) is 3.16. The molecule has 0 bridgehead atoms. The quantitative estimate of drug-likeness (QED) is 0.834. The number of hydrogen-bond donors (Lipinski definition) is 2. The Kier molecular flexibility index (Phi) is 3.64. The fourth-order valence-electron chi connectivity index (χ4n) is 1.96.